The Kier molecular flexibility index (Phi) is 7.02. The van der Waals surface area contributed by atoms with Gasteiger partial charge < -0.3 is 14.6 Å². The second-order valence-corrected chi connectivity index (χ2v) is 6.63. The molecule has 0 aromatic heterocycles. The first-order valence-corrected chi connectivity index (χ1v) is 8.89. The van der Waals surface area contributed by atoms with Crippen LogP contribution in [-0.2, 0) is 16.0 Å². The number of aromatic hydroxyl groups is 1. The zero-order valence-corrected chi connectivity index (χ0v) is 16.1. The van der Waals surface area contributed by atoms with Crippen molar-refractivity contribution >= 4 is 17.6 Å². The summed E-state index contributed by atoms with van der Waals surface area (Å²) in [6, 6.07) is 5.69. The van der Waals surface area contributed by atoms with Crippen molar-refractivity contribution in [1.82, 2.24) is 0 Å². The number of carbonyl (C=O) groups excluding carboxylic acids is 1. The van der Waals surface area contributed by atoms with E-state index in [1.165, 1.54) is 24.3 Å². The number of esters is 1. The fourth-order valence-electron chi connectivity index (χ4n) is 2.68. The molecule has 0 radical (unpaired) electrons. The van der Waals surface area contributed by atoms with Gasteiger partial charge in [-0.3, -0.25) is 0 Å². The van der Waals surface area contributed by atoms with Crippen LogP contribution in [-0.4, -0.2) is 24.3 Å². The van der Waals surface area contributed by atoms with Gasteiger partial charge in [0.05, 0.1) is 11.6 Å². The summed E-state index contributed by atoms with van der Waals surface area (Å²) in [5.74, 6) is -2.51. The molecule has 0 atom stereocenters. The van der Waals surface area contributed by atoms with Gasteiger partial charge in [0.15, 0.2) is 18.2 Å². The highest BCUT2D eigenvalue weighted by Crippen LogP contribution is 2.34. The first-order chi connectivity index (χ1) is 12.8. The van der Waals surface area contributed by atoms with Crippen molar-refractivity contribution in [2.45, 2.75) is 33.1 Å². The lowest BCUT2D eigenvalue weighted by Gasteiger charge is -2.15. The zero-order chi connectivity index (χ0) is 20.1. The normalized spacial score (nSPS) is 10.9. The number of benzene rings is 2. The van der Waals surface area contributed by atoms with Gasteiger partial charge in [0.2, 0.25) is 0 Å². The minimum atomic E-state index is -0.832. The number of hydrogen-bond acceptors (Lipinski definition) is 4. The van der Waals surface area contributed by atoms with Crippen LogP contribution >= 0.6 is 11.6 Å². The van der Waals surface area contributed by atoms with Crippen LogP contribution in [0.5, 0.6) is 11.5 Å². The van der Waals surface area contributed by atoms with Crippen LogP contribution in [0.1, 0.15) is 43.4 Å². The zero-order valence-electron chi connectivity index (χ0n) is 15.3. The van der Waals surface area contributed by atoms with Crippen molar-refractivity contribution in [2.24, 2.45) is 0 Å². The Balaban J connectivity index is 2.25. The monoisotopic (exact) mass is 398 g/mol. The molecular formula is C20H21ClF2O4. The Hall–Kier alpha value is -2.34. The maximum absolute atomic E-state index is 14.7. The summed E-state index contributed by atoms with van der Waals surface area (Å²) in [7, 11) is 0. The summed E-state index contributed by atoms with van der Waals surface area (Å²) in [6.45, 7) is 4.94. The molecule has 2 aromatic carbocycles. The van der Waals surface area contributed by atoms with Crippen molar-refractivity contribution in [3.8, 4) is 11.5 Å². The van der Waals surface area contributed by atoms with Gasteiger partial charge in [-0.05, 0) is 36.1 Å². The molecule has 0 unspecified atom stereocenters. The minimum Gasteiger partial charge on any atom is -0.508 e. The fourth-order valence-corrected chi connectivity index (χ4v) is 2.90. The second kappa shape index (κ2) is 9.04. The standard InChI is InChI=1S/C20H21ClF2O4/c1-4-26-16(25)10-27-15-8-6-12(18(21)20(15)23)9-13-5-7-14(24)17(11(2)3)19(13)22/h5-8,11,24H,4,9-10H2,1-3H3. The number of phenolic OH excluding ortho intramolecular Hbond substituents is 1. The lowest BCUT2D eigenvalue weighted by atomic mass is 9.95. The molecule has 2 aromatic rings. The SMILES string of the molecule is CCOC(=O)COc1ccc(Cc2ccc(O)c(C(C)C)c2F)c(Cl)c1F. The van der Waals surface area contributed by atoms with Gasteiger partial charge in [-0.1, -0.05) is 37.6 Å². The topological polar surface area (TPSA) is 55.8 Å². The van der Waals surface area contributed by atoms with Gasteiger partial charge in [-0.2, -0.15) is 0 Å². The van der Waals surface area contributed by atoms with Crippen LogP contribution in [0.15, 0.2) is 24.3 Å². The van der Waals surface area contributed by atoms with Crippen molar-refractivity contribution in [1.29, 1.82) is 0 Å². The second-order valence-electron chi connectivity index (χ2n) is 6.25. The molecule has 2 rings (SSSR count). The van der Waals surface area contributed by atoms with E-state index in [1.54, 1.807) is 20.8 Å². The van der Waals surface area contributed by atoms with Gasteiger partial charge in [-0.25, -0.2) is 13.6 Å². The molecule has 0 saturated carbocycles. The molecule has 7 heteroatoms. The van der Waals surface area contributed by atoms with E-state index in [0.29, 0.717) is 5.56 Å². The molecule has 0 bridgehead atoms. The summed E-state index contributed by atoms with van der Waals surface area (Å²) >= 11 is 6.07. The van der Waals surface area contributed by atoms with E-state index in [0.717, 1.165) is 0 Å². The Morgan fingerprint density at radius 3 is 2.44 bits per heavy atom. The summed E-state index contributed by atoms with van der Waals surface area (Å²) < 4.78 is 38.9. The van der Waals surface area contributed by atoms with E-state index in [-0.39, 0.29) is 46.6 Å². The van der Waals surface area contributed by atoms with E-state index in [1.807, 2.05) is 0 Å². The average molecular weight is 399 g/mol. The minimum absolute atomic E-state index is 0.0414. The highest BCUT2D eigenvalue weighted by molar-refractivity contribution is 6.31. The largest absolute Gasteiger partial charge is 0.508 e. The van der Waals surface area contributed by atoms with Gasteiger partial charge in [0, 0.05) is 12.0 Å². The van der Waals surface area contributed by atoms with Crippen LogP contribution in [0.2, 0.25) is 5.02 Å². The number of phenols is 1. The summed E-state index contributed by atoms with van der Waals surface area (Å²) in [5, 5.41) is 9.64. The van der Waals surface area contributed by atoms with Crippen molar-refractivity contribution in [2.75, 3.05) is 13.2 Å². The number of rotatable bonds is 7. The smallest absolute Gasteiger partial charge is 0.344 e. The van der Waals surface area contributed by atoms with Gasteiger partial charge in [0.25, 0.3) is 0 Å². The molecule has 0 aliphatic carbocycles. The van der Waals surface area contributed by atoms with Gasteiger partial charge >= 0.3 is 5.97 Å². The molecule has 0 spiro atoms. The predicted molar refractivity (Wildman–Crippen MR) is 98.5 cm³/mol. The number of ether oxygens (including phenoxy) is 2. The van der Waals surface area contributed by atoms with Gasteiger partial charge in [-0.15, -0.1) is 0 Å². The van der Waals surface area contributed by atoms with Crippen LogP contribution in [0.25, 0.3) is 0 Å². The average Bonchev–Trinajstić information content (AvgIpc) is 2.60. The Morgan fingerprint density at radius 1 is 1.15 bits per heavy atom. The molecule has 0 fully saturated rings. The first-order valence-electron chi connectivity index (χ1n) is 8.51. The Bertz CT molecular complexity index is 837. The molecule has 4 nitrogen and oxygen atoms in total. The van der Waals surface area contributed by atoms with E-state index in [4.69, 9.17) is 21.1 Å². The third-order valence-electron chi connectivity index (χ3n) is 3.97. The van der Waals surface area contributed by atoms with E-state index >= 15 is 0 Å². The van der Waals surface area contributed by atoms with E-state index < -0.39 is 24.2 Å². The molecule has 146 valence electrons. The van der Waals surface area contributed by atoms with Gasteiger partial charge in [0.1, 0.15) is 11.6 Å². The summed E-state index contributed by atoms with van der Waals surface area (Å²) in [4.78, 5) is 11.3. The molecule has 0 amide bonds. The predicted octanol–water partition coefficient (Wildman–Crippen LogP) is 4.98. The van der Waals surface area contributed by atoms with E-state index in [2.05, 4.69) is 0 Å². The molecule has 0 aliphatic rings. The quantitative estimate of drug-likeness (QED) is 0.668. The van der Waals surface area contributed by atoms with Crippen LogP contribution < -0.4 is 4.74 Å². The summed E-state index contributed by atoms with van der Waals surface area (Å²) in [5.41, 5.74) is 0.855. The molecule has 1 N–H and O–H groups in total. The third-order valence-corrected chi connectivity index (χ3v) is 4.38. The fraction of sp³-hybridized carbons (Fsp3) is 0.350. The maximum atomic E-state index is 14.7. The van der Waals surface area contributed by atoms with Crippen LogP contribution in [0.3, 0.4) is 0 Å². The third kappa shape index (κ3) is 4.89. The molecule has 27 heavy (non-hydrogen) atoms. The first kappa shape index (κ1) is 21.0. The molecular weight excluding hydrogens is 378 g/mol. The van der Waals surface area contributed by atoms with Crippen molar-refractivity contribution < 1.29 is 28.2 Å². The maximum Gasteiger partial charge on any atom is 0.344 e. The van der Waals surface area contributed by atoms with Crippen LogP contribution in [0, 0.1) is 11.6 Å². The van der Waals surface area contributed by atoms with Crippen LogP contribution in [0.4, 0.5) is 8.78 Å². The number of carbonyl (C=O) groups is 1. The highest BCUT2D eigenvalue weighted by atomic mass is 35.5. The molecule has 0 aliphatic heterocycles. The number of halogens is 3. The Labute approximate surface area is 161 Å². The van der Waals surface area contributed by atoms with Crippen molar-refractivity contribution in [3.05, 3.63) is 57.6 Å². The number of hydrogen-bond donors (Lipinski definition) is 1. The molecule has 0 heterocycles. The highest BCUT2D eigenvalue weighted by Gasteiger charge is 2.19. The molecule has 0 saturated heterocycles. The summed E-state index contributed by atoms with van der Waals surface area (Å²) in [6.07, 6.45) is 0.0414. The van der Waals surface area contributed by atoms with E-state index in [9.17, 15) is 18.7 Å². The lowest BCUT2D eigenvalue weighted by molar-refractivity contribution is -0.145. The van der Waals surface area contributed by atoms with Crippen molar-refractivity contribution in [3.63, 3.8) is 0 Å². The lowest BCUT2D eigenvalue weighted by Crippen LogP contribution is -2.15. The Morgan fingerprint density at radius 2 is 1.81 bits per heavy atom.